The Morgan fingerprint density at radius 1 is 1.56 bits per heavy atom. The second-order valence-electron chi connectivity index (χ2n) is 4.84. The Hall–Kier alpha value is -1.26. The molecule has 2 rings (SSSR count). The number of aromatic hydroxyl groups is 1. The molecule has 1 atom stereocenters. The van der Waals surface area contributed by atoms with Crippen molar-refractivity contribution in [1.82, 2.24) is 5.32 Å². The summed E-state index contributed by atoms with van der Waals surface area (Å²) in [6.07, 6.45) is 1.79. The molecule has 1 aromatic rings. The molecule has 1 heterocycles. The molecule has 1 fully saturated rings. The maximum Gasteiger partial charge on any atom is 0.253 e. The highest BCUT2D eigenvalue weighted by Crippen LogP contribution is 2.23. The van der Waals surface area contributed by atoms with Gasteiger partial charge in [0.25, 0.3) is 5.91 Å². The van der Waals surface area contributed by atoms with Crippen LogP contribution in [-0.2, 0) is 4.74 Å². The van der Waals surface area contributed by atoms with Crippen LogP contribution < -0.4 is 5.32 Å². The number of carbonyl (C=O) groups is 1. The van der Waals surface area contributed by atoms with Crippen LogP contribution >= 0.6 is 11.6 Å². The number of amides is 1. The summed E-state index contributed by atoms with van der Waals surface area (Å²) in [6, 6.07) is 4.32. The molecule has 1 aliphatic rings. The minimum absolute atomic E-state index is 0.0228. The molecule has 1 amide bonds. The highest BCUT2D eigenvalue weighted by molar-refractivity contribution is 6.33. The molecule has 4 nitrogen and oxygen atoms in total. The lowest BCUT2D eigenvalue weighted by Gasteiger charge is -2.34. The fourth-order valence-corrected chi connectivity index (χ4v) is 2.26. The van der Waals surface area contributed by atoms with Crippen LogP contribution in [0.3, 0.4) is 0 Å². The van der Waals surface area contributed by atoms with Gasteiger partial charge in [-0.1, -0.05) is 11.6 Å². The first-order valence-corrected chi connectivity index (χ1v) is 6.27. The minimum Gasteiger partial charge on any atom is -0.508 e. The molecule has 18 heavy (non-hydrogen) atoms. The average Bonchev–Trinajstić information content (AvgIpc) is 2.32. The van der Waals surface area contributed by atoms with Crippen LogP contribution in [0.15, 0.2) is 18.2 Å². The lowest BCUT2D eigenvalue weighted by molar-refractivity contribution is 0.0272. The van der Waals surface area contributed by atoms with Gasteiger partial charge in [-0.15, -0.1) is 0 Å². The van der Waals surface area contributed by atoms with Crippen LogP contribution in [0.5, 0.6) is 5.75 Å². The van der Waals surface area contributed by atoms with Crippen LogP contribution in [0.25, 0.3) is 0 Å². The highest BCUT2D eigenvalue weighted by atomic mass is 35.5. The summed E-state index contributed by atoms with van der Waals surface area (Å²) in [5, 5.41) is 12.6. The fourth-order valence-electron chi connectivity index (χ4n) is 2.06. The number of phenols is 1. The summed E-state index contributed by atoms with van der Waals surface area (Å²) in [7, 11) is 0. The van der Waals surface area contributed by atoms with Crippen molar-refractivity contribution >= 4 is 17.5 Å². The van der Waals surface area contributed by atoms with E-state index in [9.17, 15) is 9.90 Å². The normalized spacial score (nSPS) is 23.7. The van der Waals surface area contributed by atoms with Gasteiger partial charge in [-0.2, -0.15) is 0 Å². The van der Waals surface area contributed by atoms with Gasteiger partial charge in [-0.3, -0.25) is 4.79 Å². The van der Waals surface area contributed by atoms with Crippen molar-refractivity contribution in [2.45, 2.75) is 25.3 Å². The number of hydrogen-bond acceptors (Lipinski definition) is 3. The largest absolute Gasteiger partial charge is 0.508 e. The molecule has 0 radical (unpaired) electrons. The summed E-state index contributed by atoms with van der Waals surface area (Å²) < 4.78 is 5.38. The average molecular weight is 270 g/mol. The van der Waals surface area contributed by atoms with Gasteiger partial charge < -0.3 is 15.2 Å². The van der Waals surface area contributed by atoms with Crippen molar-refractivity contribution in [3.63, 3.8) is 0 Å². The van der Waals surface area contributed by atoms with E-state index in [2.05, 4.69) is 5.32 Å². The minimum atomic E-state index is -0.371. The first-order valence-electron chi connectivity index (χ1n) is 5.89. The zero-order valence-corrected chi connectivity index (χ0v) is 11.0. The number of carbonyl (C=O) groups excluding carboxylic acids is 1. The molecule has 2 N–H and O–H groups in total. The summed E-state index contributed by atoms with van der Waals surface area (Å²) in [6.45, 7) is 3.17. The molecule has 0 aromatic heterocycles. The quantitative estimate of drug-likeness (QED) is 0.866. The first kappa shape index (κ1) is 13.2. The molecule has 1 unspecified atom stereocenters. The molecule has 1 saturated heterocycles. The molecule has 0 saturated carbocycles. The molecule has 0 spiro atoms. The Bertz CT molecular complexity index is 456. The smallest absolute Gasteiger partial charge is 0.253 e. The summed E-state index contributed by atoms with van der Waals surface area (Å²) >= 11 is 5.95. The summed E-state index contributed by atoms with van der Waals surface area (Å²) in [5.74, 6) is -0.265. The van der Waals surface area contributed by atoms with Crippen LogP contribution in [0.2, 0.25) is 5.02 Å². The van der Waals surface area contributed by atoms with E-state index >= 15 is 0 Å². The van der Waals surface area contributed by atoms with E-state index in [0.29, 0.717) is 11.6 Å². The molecular formula is C13H16ClNO3. The van der Waals surface area contributed by atoms with Crippen molar-refractivity contribution in [2.75, 3.05) is 13.2 Å². The Morgan fingerprint density at radius 3 is 3.00 bits per heavy atom. The SMILES string of the molecule is CC1(NC(=O)c2cc(O)ccc2Cl)CCCOC1. The van der Waals surface area contributed by atoms with Gasteiger partial charge in [-0.05, 0) is 38.0 Å². The van der Waals surface area contributed by atoms with Crippen molar-refractivity contribution in [1.29, 1.82) is 0 Å². The van der Waals surface area contributed by atoms with E-state index < -0.39 is 0 Å². The highest BCUT2D eigenvalue weighted by Gasteiger charge is 2.30. The molecule has 0 aliphatic carbocycles. The van der Waals surface area contributed by atoms with E-state index in [1.54, 1.807) is 0 Å². The summed E-state index contributed by atoms with van der Waals surface area (Å²) in [4.78, 5) is 12.1. The van der Waals surface area contributed by atoms with Crippen molar-refractivity contribution in [3.05, 3.63) is 28.8 Å². The van der Waals surface area contributed by atoms with E-state index in [1.807, 2.05) is 6.92 Å². The van der Waals surface area contributed by atoms with Crippen LogP contribution in [0.4, 0.5) is 0 Å². The summed E-state index contributed by atoms with van der Waals surface area (Å²) in [5.41, 5.74) is -0.0899. The van der Waals surface area contributed by atoms with Gasteiger partial charge in [-0.25, -0.2) is 0 Å². The predicted octanol–water partition coefficient (Wildman–Crippen LogP) is 2.34. The number of ether oxygens (including phenoxy) is 1. The maximum absolute atomic E-state index is 12.1. The van der Waals surface area contributed by atoms with E-state index in [4.69, 9.17) is 16.3 Å². The van der Waals surface area contributed by atoms with Gasteiger partial charge in [0.15, 0.2) is 0 Å². The third kappa shape index (κ3) is 2.94. The molecule has 98 valence electrons. The molecule has 5 heteroatoms. The third-order valence-corrected chi connectivity index (χ3v) is 3.38. The predicted molar refractivity (Wildman–Crippen MR) is 69.0 cm³/mol. The lowest BCUT2D eigenvalue weighted by atomic mass is 9.94. The van der Waals surface area contributed by atoms with Gasteiger partial charge in [0, 0.05) is 6.61 Å². The van der Waals surface area contributed by atoms with Gasteiger partial charge in [0.2, 0.25) is 0 Å². The zero-order valence-electron chi connectivity index (χ0n) is 10.2. The molecule has 1 aromatic carbocycles. The third-order valence-electron chi connectivity index (χ3n) is 3.05. The second-order valence-corrected chi connectivity index (χ2v) is 5.24. The lowest BCUT2D eigenvalue weighted by Crippen LogP contribution is -2.51. The first-order chi connectivity index (χ1) is 8.50. The van der Waals surface area contributed by atoms with E-state index in [0.717, 1.165) is 19.4 Å². The van der Waals surface area contributed by atoms with Crippen LogP contribution in [0.1, 0.15) is 30.1 Å². The number of halogens is 1. The Balaban J connectivity index is 2.14. The number of benzene rings is 1. The van der Waals surface area contributed by atoms with Crippen molar-refractivity contribution in [2.24, 2.45) is 0 Å². The van der Waals surface area contributed by atoms with Crippen LogP contribution in [-0.4, -0.2) is 29.8 Å². The zero-order chi connectivity index (χ0) is 13.2. The van der Waals surface area contributed by atoms with Gasteiger partial charge >= 0.3 is 0 Å². The fraction of sp³-hybridized carbons (Fsp3) is 0.462. The molecular weight excluding hydrogens is 254 g/mol. The van der Waals surface area contributed by atoms with Gasteiger partial charge in [0.1, 0.15) is 5.75 Å². The monoisotopic (exact) mass is 269 g/mol. The van der Waals surface area contributed by atoms with Crippen LogP contribution in [0, 0.1) is 0 Å². The van der Waals surface area contributed by atoms with E-state index in [1.165, 1.54) is 18.2 Å². The van der Waals surface area contributed by atoms with Crippen molar-refractivity contribution < 1.29 is 14.6 Å². The Labute approximate surface area is 111 Å². The Morgan fingerprint density at radius 2 is 2.33 bits per heavy atom. The number of hydrogen-bond donors (Lipinski definition) is 2. The topological polar surface area (TPSA) is 58.6 Å². The number of phenolic OH excluding ortho intramolecular Hbond substituents is 1. The van der Waals surface area contributed by atoms with Gasteiger partial charge in [0.05, 0.1) is 22.7 Å². The molecule has 1 aliphatic heterocycles. The molecule has 0 bridgehead atoms. The standard InChI is InChI=1S/C13H16ClNO3/c1-13(5-2-6-18-8-13)15-12(17)10-7-9(16)3-4-11(10)14/h3-4,7,16H,2,5-6,8H2,1H3,(H,15,17). The number of nitrogens with one attached hydrogen (secondary N) is 1. The van der Waals surface area contributed by atoms with Crippen molar-refractivity contribution in [3.8, 4) is 5.75 Å². The Kier molecular flexibility index (Phi) is 3.78. The maximum atomic E-state index is 12.1. The number of rotatable bonds is 2. The second kappa shape index (κ2) is 5.16. The van der Waals surface area contributed by atoms with E-state index in [-0.39, 0.29) is 22.8 Å².